The number of aromatic nitrogens is 4. The summed E-state index contributed by atoms with van der Waals surface area (Å²) in [7, 11) is 0. The maximum atomic E-state index is 12.4. The summed E-state index contributed by atoms with van der Waals surface area (Å²) in [4.78, 5) is 37.7. The fraction of sp³-hybridized carbons (Fsp3) is 0.367. The molecule has 4 unspecified atom stereocenters. The van der Waals surface area contributed by atoms with E-state index in [4.69, 9.17) is 23.7 Å². The molecule has 0 aliphatic carbocycles. The van der Waals surface area contributed by atoms with Crippen LogP contribution in [0.3, 0.4) is 0 Å². The van der Waals surface area contributed by atoms with Gasteiger partial charge in [-0.25, -0.2) is 24.5 Å². The van der Waals surface area contributed by atoms with Crippen molar-refractivity contribution in [2.45, 2.75) is 51.3 Å². The van der Waals surface area contributed by atoms with E-state index in [2.05, 4.69) is 25.6 Å². The zero-order chi connectivity index (χ0) is 29.8. The van der Waals surface area contributed by atoms with Crippen LogP contribution in [0.25, 0.3) is 11.2 Å². The SMILES string of the molecule is CCNC(=O)Nc1ncnc2c1ncn2C1OC(COCc2ccccc2C(=O)OCC)C2O[C@@H](c3ccccc3)OC21. The summed E-state index contributed by atoms with van der Waals surface area (Å²) in [6.45, 7) is 4.69. The maximum Gasteiger partial charge on any atom is 0.338 e. The van der Waals surface area contributed by atoms with E-state index < -0.39 is 42.8 Å². The van der Waals surface area contributed by atoms with Gasteiger partial charge in [-0.15, -0.1) is 0 Å². The lowest BCUT2D eigenvalue weighted by Gasteiger charge is -2.21. The zero-order valence-electron chi connectivity index (χ0n) is 23.7. The van der Waals surface area contributed by atoms with Gasteiger partial charge in [-0.1, -0.05) is 48.5 Å². The van der Waals surface area contributed by atoms with Crippen molar-refractivity contribution in [1.29, 1.82) is 0 Å². The van der Waals surface area contributed by atoms with Gasteiger partial charge in [0.15, 0.2) is 29.5 Å². The Bertz CT molecular complexity index is 1580. The number of hydrogen-bond donors (Lipinski definition) is 2. The van der Waals surface area contributed by atoms with Crippen molar-refractivity contribution in [2.24, 2.45) is 0 Å². The van der Waals surface area contributed by atoms with Crippen molar-refractivity contribution in [1.82, 2.24) is 24.8 Å². The van der Waals surface area contributed by atoms with Crippen molar-refractivity contribution in [3.05, 3.63) is 83.9 Å². The summed E-state index contributed by atoms with van der Waals surface area (Å²) in [6, 6.07) is 16.5. The van der Waals surface area contributed by atoms with Crippen LogP contribution in [-0.2, 0) is 30.3 Å². The average Bonchev–Trinajstić information content (AvgIpc) is 3.73. The first kappa shape index (κ1) is 28.7. The van der Waals surface area contributed by atoms with Gasteiger partial charge in [-0.2, -0.15) is 0 Å². The average molecular weight is 589 g/mol. The van der Waals surface area contributed by atoms with Crippen molar-refractivity contribution in [3.8, 4) is 0 Å². The van der Waals surface area contributed by atoms with E-state index in [1.54, 1.807) is 30.0 Å². The largest absolute Gasteiger partial charge is 0.462 e. The zero-order valence-corrected chi connectivity index (χ0v) is 23.7. The van der Waals surface area contributed by atoms with Crippen LogP contribution in [-0.4, -0.2) is 69.6 Å². The van der Waals surface area contributed by atoms with Crippen molar-refractivity contribution < 1.29 is 33.3 Å². The molecule has 2 aliphatic rings. The Kier molecular flexibility index (Phi) is 8.56. The fourth-order valence-electron chi connectivity index (χ4n) is 5.24. The van der Waals surface area contributed by atoms with Gasteiger partial charge in [0.1, 0.15) is 24.6 Å². The first-order valence-corrected chi connectivity index (χ1v) is 14.1. The summed E-state index contributed by atoms with van der Waals surface area (Å²) < 4.78 is 32.3. The van der Waals surface area contributed by atoms with Gasteiger partial charge >= 0.3 is 12.0 Å². The Morgan fingerprint density at radius 1 is 0.953 bits per heavy atom. The second-order valence-corrected chi connectivity index (χ2v) is 9.93. The molecule has 13 heteroatoms. The summed E-state index contributed by atoms with van der Waals surface area (Å²) in [5.41, 5.74) is 2.91. The Hall–Kier alpha value is -4.43. The van der Waals surface area contributed by atoms with Crippen molar-refractivity contribution >= 4 is 29.0 Å². The van der Waals surface area contributed by atoms with Gasteiger partial charge < -0.3 is 29.0 Å². The number of nitrogens with one attached hydrogen (secondary N) is 2. The van der Waals surface area contributed by atoms with Crippen LogP contribution in [0.5, 0.6) is 0 Å². The second kappa shape index (κ2) is 12.8. The molecule has 4 aromatic rings. The molecule has 0 spiro atoms. The highest BCUT2D eigenvalue weighted by Gasteiger charge is 2.54. The lowest BCUT2D eigenvalue weighted by Crippen LogP contribution is -2.31. The summed E-state index contributed by atoms with van der Waals surface area (Å²) >= 11 is 0. The van der Waals surface area contributed by atoms with Crippen molar-refractivity contribution in [3.63, 3.8) is 0 Å². The van der Waals surface area contributed by atoms with Crippen LogP contribution in [0.4, 0.5) is 10.6 Å². The van der Waals surface area contributed by atoms with Gasteiger partial charge in [0.2, 0.25) is 0 Å². The molecule has 0 saturated carbocycles. The topological polar surface area (TPSA) is 148 Å². The minimum absolute atomic E-state index is 0.172. The van der Waals surface area contributed by atoms with Crippen LogP contribution in [0.15, 0.2) is 67.3 Å². The van der Waals surface area contributed by atoms with E-state index in [9.17, 15) is 9.59 Å². The third kappa shape index (κ3) is 5.92. The molecule has 2 fully saturated rings. The molecule has 13 nitrogen and oxygen atoms in total. The number of amides is 2. The molecule has 43 heavy (non-hydrogen) atoms. The van der Waals surface area contributed by atoms with Gasteiger partial charge in [-0.3, -0.25) is 9.88 Å². The van der Waals surface area contributed by atoms with Crippen LogP contribution in [0.1, 0.15) is 47.9 Å². The van der Waals surface area contributed by atoms with Crippen LogP contribution < -0.4 is 10.6 Å². The predicted octanol–water partition coefficient (Wildman–Crippen LogP) is 3.74. The molecule has 5 atom stereocenters. The minimum atomic E-state index is -0.656. The van der Waals surface area contributed by atoms with Gasteiger partial charge in [0.25, 0.3) is 0 Å². The number of nitrogens with zero attached hydrogens (tertiary/aromatic N) is 4. The number of anilines is 1. The lowest BCUT2D eigenvalue weighted by molar-refractivity contribution is -0.158. The van der Waals surface area contributed by atoms with Gasteiger partial charge in [0.05, 0.1) is 31.7 Å². The number of esters is 1. The second-order valence-electron chi connectivity index (χ2n) is 9.93. The molecule has 4 heterocycles. The van der Waals surface area contributed by atoms with Gasteiger partial charge in [-0.05, 0) is 25.5 Å². The molecule has 2 N–H and O–H groups in total. The molecule has 2 aromatic heterocycles. The molecular weight excluding hydrogens is 556 g/mol. The molecular formula is C30H32N6O7. The quantitative estimate of drug-likeness (QED) is 0.263. The van der Waals surface area contributed by atoms with E-state index in [1.165, 1.54) is 6.33 Å². The number of urea groups is 1. The number of rotatable bonds is 10. The minimum Gasteiger partial charge on any atom is -0.462 e. The molecule has 6 rings (SSSR count). The van der Waals surface area contributed by atoms with Crippen molar-refractivity contribution in [2.75, 3.05) is 25.1 Å². The first-order chi connectivity index (χ1) is 21.1. The Morgan fingerprint density at radius 3 is 2.56 bits per heavy atom. The van der Waals surface area contributed by atoms with E-state index in [0.717, 1.165) is 5.56 Å². The highest BCUT2D eigenvalue weighted by molar-refractivity contribution is 5.95. The third-order valence-corrected chi connectivity index (χ3v) is 7.17. The highest BCUT2D eigenvalue weighted by atomic mass is 16.8. The van der Waals surface area contributed by atoms with Gasteiger partial charge in [0, 0.05) is 12.1 Å². The third-order valence-electron chi connectivity index (χ3n) is 7.17. The molecule has 2 amide bonds. The fourth-order valence-corrected chi connectivity index (χ4v) is 5.24. The Morgan fingerprint density at radius 2 is 1.74 bits per heavy atom. The number of hydrogen-bond acceptors (Lipinski definition) is 10. The normalized spacial score (nSPS) is 22.8. The number of ether oxygens (including phenoxy) is 5. The first-order valence-electron chi connectivity index (χ1n) is 14.1. The molecule has 2 saturated heterocycles. The maximum absolute atomic E-state index is 12.4. The molecule has 224 valence electrons. The van der Waals surface area contributed by atoms with E-state index in [1.807, 2.05) is 49.4 Å². The van der Waals surface area contributed by atoms with E-state index in [-0.39, 0.29) is 25.6 Å². The van der Waals surface area contributed by atoms with E-state index in [0.29, 0.717) is 28.8 Å². The van der Waals surface area contributed by atoms with E-state index >= 15 is 0 Å². The van der Waals surface area contributed by atoms with Crippen LogP contribution in [0, 0.1) is 0 Å². The number of benzene rings is 2. The number of imidazole rings is 1. The van der Waals surface area contributed by atoms with Crippen LogP contribution >= 0.6 is 0 Å². The Labute approximate surface area is 247 Å². The number of carbonyl (C=O) groups is 2. The highest BCUT2D eigenvalue weighted by Crippen LogP contribution is 2.45. The smallest absolute Gasteiger partial charge is 0.338 e. The number of fused-ring (bicyclic) bond motifs is 2. The predicted molar refractivity (Wildman–Crippen MR) is 153 cm³/mol. The summed E-state index contributed by atoms with van der Waals surface area (Å²) in [5, 5.41) is 5.39. The Balaban J connectivity index is 1.24. The lowest BCUT2D eigenvalue weighted by atomic mass is 10.1. The van der Waals surface area contributed by atoms with Crippen LogP contribution in [0.2, 0.25) is 0 Å². The standard InChI is InChI=1S/C30H32N6O7/c1-3-31-30(38)35-25-22-26(33-16-32-25)36(17-34-22)27-24-23(42-29(43-24)18-10-6-5-7-11-18)21(41-27)15-39-14-19-12-8-9-13-20(19)28(37)40-4-2/h5-13,16-17,21,23-24,27,29H,3-4,14-15H2,1-2H3,(H2,31,32,33,35,38)/t21?,23?,24?,27?,29-/m1/s1. The number of carbonyl (C=O) groups excluding carboxylic acids is 2. The molecule has 0 radical (unpaired) electrons. The summed E-state index contributed by atoms with van der Waals surface area (Å²) in [5.74, 6) is -0.123. The monoisotopic (exact) mass is 588 g/mol. The summed E-state index contributed by atoms with van der Waals surface area (Å²) in [6.07, 6.45) is 0.188. The molecule has 0 bridgehead atoms. The molecule has 2 aliphatic heterocycles. The molecule has 2 aromatic carbocycles.